The summed E-state index contributed by atoms with van der Waals surface area (Å²) in [5.41, 5.74) is 3.98. The van der Waals surface area contributed by atoms with E-state index in [-0.39, 0.29) is 5.75 Å². The number of rotatable bonds is 5. The Hall–Kier alpha value is -0.780. The summed E-state index contributed by atoms with van der Waals surface area (Å²) in [6.07, 6.45) is 5.12. The summed E-state index contributed by atoms with van der Waals surface area (Å²) in [5, 5.41) is 9.70. The smallest absolute Gasteiger partial charge is 0.172 e. The van der Waals surface area contributed by atoms with Crippen LogP contribution in [-0.4, -0.2) is 18.3 Å². The van der Waals surface area contributed by atoms with Crippen molar-refractivity contribution in [2.24, 2.45) is 0 Å². The van der Waals surface area contributed by atoms with E-state index in [4.69, 9.17) is 9.57 Å². The molecule has 1 aromatic carbocycles. The number of ether oxygens (including phenoxy) is 1. The maximum absolute atomic E-state index is 9.70. The maximum atomic E-state index is 9.70. The molecule has 1 aromatic rings. The molecule has 4 nitrogen and oxygen atoms in total. The van der Waals surface area contributed by atoms with Crippen LogP contribution in [0.5, 0.6) is 11.5 Å². The molecule has 1 aliphatic rings. The number of nitrogens with one attached hydrogen (secondary N) is 1. The third-order valence-corrected chi connectivity index (χ3v) is 3.74. The Balaban J connectivity index is 1.90. The number of benzene rings is 1. The maximum Gasteiger partial charge on any atom is 0.172 e. The van der Waals surface area contributed by atoms with E-state index in [2.05, 4.69) is 21.4 Å². The first-order valence-electron chi connectivity index (χ1n) is 6.14. The zero-order valence-corrected chi connectivity index (χ0v) is 12.0. The van der Waals surface area contributed by atoms with E-state index in [0.29, 0.717) is 22.9 Å². The Kier molecular flexibility index (Phi) is 4.86. The van der Waals surface area contributed by atoms with Crippen LogP contribution in [0.2, 0.25) is 0 Å². The zero-order chi connectivity index (χ0) is 13.0. The molecule has 0 aromatic heterocycles. The van der Waals surface area contributed by atoms with Crippen LogP contribution >= 0.6 is 15.9 Å². The lowest BCUT2D eigenvalue weighted by molar-refractivity contribution is -0.0244. The quantitative estimate of drug-likeness (QED) is 0.820. The molecule has 0 spiro atoms. The van der Waals surface area contributed by atoms with Gasteiger partial charge in [0.15, 0.2) is 11.5 Å². The normalized spacial score (nSPS) is 16.1. The zero-order valence-electron chi connectivity index (χ0n) is 10.4. The molecule has 1 fully saturated rings. The van der Waals surface area contributed by atoms with Crippen LogP contribution in [0.4, 0.5) is 0 Å². The number of aromatic hydroxyl groups is 1. The number of phenols is 1. The fourth-order valence-electron chi connectivity index (χ4n) is 2.13. The highest BCUT2D eigenvalue weighted by Gasteiger charge is 2.15. The van der Waals surface area contributed by atoms with Gasteiger partial charge in [-0.05, 0) is 46.5 Å². The molecule has 2 rings (SSSR count). The lowest BCUT2D eigenvalue weighted by Gasteiger charge is -2.13. The molecule has 0 aliphatic heterocycles. The van der Waals surface area contributed by atoms with E-state index in [1.807, 2.05) is 6.07 Å². The summed E-state index contributed by atoms with van der Waals surface area (Å²) in [7, 11) is 1.54. The number of methoxy groups -OCH3 is 1. The molecule has 0 unspecified atom stereocenters. The summed E-state index contributed by atoms with van der Waals surface area (Å²) in [6.45, 7) is 0.589. The second-order valence-corrected chi connectivity index (χ2v) is 5.33. The van der Waals surface area contributed by atoms with Gasteiger partial charge in [-0.15, -0.1) is 0 Å². The molecule has 1 saturated carbocycles. The monoisotopic (exact) mass is 315 g/mol. The van der Waals surface area contributed by atoms with E-state index in [1.54, 1.807) is 6.07 Å². The van der Waals surface area contributed by atoms with Crippen LogP contribution in [0.1, 0.15) is 31.2 Å². The van der Waals surface area contributed by atoms with Crippen molar-refractivity contribution >= 4 is 15.9 Å². The second kappa shape index (κ2) is 6.41. The summed E-state index contributed by atoms with van der Waals surface area (Å²) in [5.74, 6) is 0.583. The number of hydrogen-bond donors (Lipinski definition) is 2. The molecule has 5 heteroatoms. The molecule has 1 aliphatic carbocycles. The Labute approximate surface area is 115 Å². The van der Waals surface area contributed by atoms with Crippen LogP contribution in [0.15, 0.2) is 16.6 Å². The second-order valence-electron chi connectivity index (χ2n) is 4.47. The molecule has 0 heterocycles. The summed E-state index contributed by atoms with van der Waals surface area (Å²) in [4.78, 5) is 5.58. The van der Waals surface area contributed by atoms with Gasteiger partial charge in [0.25, 0.3) is 0 Å². The van der Waals surface area contributed by atoms with E-state index in [0.717, 1.165) is 18.4 Å². The van der Waals surface area contributed by atoms with E-state index in [9.17, 15) is 5.11 Å². The van der Waals surface area contributed by atoms with Crippen molar-refractivity contribution in [1.29, 1.82) is 0 Å². The molecule has 2 N–H and O–H groups in total. The third kappa shape index (κ3) is 3.37. The van der Waals surface area contributed by atoms with E-state index in [1.165, 1.54) is 20.0 Å². The van der Waals surface area contributed by atoms with Crippen LogP contribution in [0, 0.1) is 0 Å². The van der Waals surface area contributed by atoms with Crippen LogP contribution in [-0.2, 0) is 11.4 Å². The SMILES string of the molecule is COc1cc(CNOC2CCCC2)cc(Br)c1O. The van der Waals surface area contributed by atoms with Gasteiger partial charge in [-0.3, -0.25) is 4.84 Å². The molecular weight excluding hydrogens is 298 g/mol. The van der Waals surface area contributed by atoms with Crippen molar-refractivity contribution in [1.82, 2.24) is 5.48 Å². The summed E-state index contributed by atoms with van der Waals surface area (Å²) < 4.78 is 5.72. The first-order chi connectivity index (χ1) is 8.70. The highest BCUT2D eigenvalue weighted by molar-refractivity contribution is 9.10. The fourth-order valence-corrected chi connectivity index (χ4v) is 2.62. The van der Waals surface area contributed by atoms with Gasteiger partial charge in [0.05, 0.1) is 17.7 Å². The molecule has 0 bridgehead atoms. The standard InChI is InChI=1S/C13H18BrNO3/c1-17-12-7-9(6-11(14)13(12)16)8-15-18-10-4-2-3-5-10/h6-7,10,15-16H,2-5,8H2,1H3. The van der Waals surface area contributed by atoms with Crippen molar-refractivity contribution in [2.75, 3.05) is 7.11 Å². The van der Waals surface area contributed by atoms with Crippen LogP contribution < -0.4 is 10.2 Å². The van der Waals surface area contributed by atoms with Crippen LogP contribution in [0.3, 0.4) is 0 Å². The average molecular weight is 316 g/mol. The number of hydrogen-bond acceptors (Lipinski definition) is 4. The molecule has 0 amide bonds. The lowest BCUT2D eigenvalue weighted by Crippen LogP contribution is -2.21. The minimum Gasteiger partial charge on any atom is -0.503 e. The predicted molar refractivity (Wildman–Crippen MR) is 72.5 cm³/mol. The summed E-state index contributed by atoms with van der Waals surface area (Å²) >= 11 is 3.30. The van der Waals surface area contributed by atoms with Crippen molar-refractivity contribution in [2.45, 2.75) is 38.3 Å². The van der Waals surface area contributed by atoms with E-state index < -0.39 is 0 Å². The first-order valence-corrected chi connectivity index (χ1v) is 6.94. The number of hydroxylamine groups is 1. The molecule has 18 heavy (non-hydrogen) atoms. The van der Waals surface area contributed by atoms with Gasteiger partial charge in [0.1, 0.15) is 0 Å². The minimum atomic E-state index is 0.123. The van der Waals surface area contributed by atoms with Gasteiger partial charge in [0.2, 0.25) is 0 Å². The number of phenolic OH excluding ortho intramolecular Hbond substituents is 1. The Bertz CT molecular complexity index is 405. The van der Waals surface area contributed by atoms with Gasteiger partial charge in [-0.2, -0.15) is 5.48 Å². The van der Waals surface area contributed by atoms with Crippen LogP contribution in [0.25, 0.3) is 0 Å². The molecule has 0 radical (unpaired) electrons. The largest absolute Gasteiger partial charge is 0.503 e. The highest BCUT2D eigenvalue weighted by Crippen LogP contribution is 2.35. The third-order valence-electron chi connectivity index (χ3n) is 3.14. The molecule has 0 saturated heterocycles. The minimum absolute atomic E-state index is 0.123. The predicted octanol–water partition coefficient (Wildman–Crippen LogP) is 3.13. The molecular formula is C13H18BrNO3. The number of halogens is 1. The van der Waals surface area contributed by atoms with Crippen molar-refractivity contribution in [3.05, 3.63) is 22.2 Å². The van der Waals surface area contributed by atoms with Gasteiger partial charge in [-0.1, -0.05) is 12.8 Å². The van der Waals surface area contributed by atoms with Gasteiger partial charge in [0, 0.05) is 6.54 Å². The molecule has 0 atom stereocenters. The van der Waals surface area contributed by atoms with Crippen molar-refractivity contribution < 1.29 is 14.7 Å². The Morgan fingerprint density at radius 3 is 2.78 bits per heavy atom. The Morgan fingerprint density at radius 2 is 2.11 bits per heavy atom. The van der Waals surface area contributed by atoms with E-state index >= 15 is 0 Å². The van der Waals surface area contributed by atoms with Crippen molar-refractivity contribution in [3.63, 3.8) is 0 Å². The van der Waals surface area contributed by atoms with Crippen molar-refractivity contribution in [3.8, 4) is 11.5 Å². The summed E-state index contributed by atoms with van der Waals surface area (Å²) in [6, 6.07) is 3.65. The van der Waals surface area contributed by atoms with Gasteiger partial charge in [-0.25, -0.2) is 0 Å². The average Bonchev–Trinajstić information content (AvgIpc) is 2.86. The van der Waals surface area contributed by atoms with Gasteiger partial charge >= 0.3 is 0 Å². The lowest BCUT2D eigenvalue weighted by atomic mass is 10.2. The topological polar surface area (TPSA) is 50.7 Å². The molecule has 100 valence electrons. The highest BCUT2D eigenvalue weighted by atomic mass is 79.9. The van der Waals surface area contributed by atoms with Gasteiger partial charge < -0.3 is 9.84 Å². The fraction of sp³-hybridized carbons (Fsp3) is 0.538. The first kappa shape index (κ1) is 13.6. The Morgan fingerprint density at radius 1 is 1.39 bits per heavy atom.